The molecule has 0 aliphatic rings. The molecular formula is C18H14BNO3. The zero-order chi connectivity index (χ0) is 15.8. The van der Waals surface area contributed by atoms with Crippen LogP contribution < -0.4 is 4.65 Å². The molecule has 0 aliphatic heterocycles. The van der Waals surface area contributed by atoms with Gasteiger partial charge in [-0.25, -0.2) is 0 Å². The number of fused-ring (bicyclic) bond motifs is 3. The molecule has 112 valence electrons. The van der Waals surface area contributed by atoms with Crippen molar-refractivity contribution in [2.75, 3.05) is 0 Å². The van der Waals surface area contributed by atoms with Gasteiger partial charge in [0.1, 0.15) is 5.75 Å². The largest absolute Gasteiger partial charge is 0.707 e. The molecule has 3 aromatic carbocycles. The third-order valence-electron chi connectivity index (χ3n) is 3.94. The second kappa shape index (κ2) is 5.46. The van der Waals surface area contributed by atoms with Crippen molar-refractivity contribution in [1.82, 2.24) is 4.98 Å². The van der Waals surface area contributed by atoms with Gasteiger partial charge in [-0.15, -0.1) is 0 Å². The molecule has 0 atom stereocenters. The van der Waals surface area contributed by atoms with Crippen LogP contribution in [0.1, 0.15) is 0 Å². The second-order valence-electron chi connectivity index (χ2n) is 5.34. The maximum absolute atomic E-state index is 9.15. The minimum atomic E-state index is -1.85. The number of H-pyrrole nitrogens is 1. The zero-order valence-corrected chi connectivity index (χ0v) is 12.2. The number of aromatic amines is 1. The highest BCUT2D eigenvalue weighted by molar-refractivity contribution is 6.34. The molecule has 4 rings (SSSR count). The van der Waals surface area contributed by atoms with Gasteiger partial charge in [-0.1, -0.05) is 48.5 Å². The first kappa shape index (κ1) is 13.9. The van der Waals surface area contributed by atoms with Crippen LogP contribution in [0.3, 0.4) is 0 Å². The average Bonchev–Trinajstić information content (AvgIpc) is 2.96. The van der Waals surface area contributed by atoms with E-state index in [2.05, 4.69) is 17.1 Å². The Labute approximate surface area is 133 Å². The van der Waals surface area contributed by atoms with Crippen LogP contribution in [-0.4, -0.2) is 22.4 Å². The third-order valence-corrected chi connectivity index (χ3v) is 3.94. The van der Waals surface area contributed by atoms with Gasteiger partial charge in [0.25, 0.3) is 0 Å². The Bertz CT molecular complexity index is 980. The lowest BCUT2D eigenvalue weighted by Gasteiger charge is -2.10. The van der Waals surface area contributed by atoms with E-state index in [1.165, 1.54) is 0 Å². The molecule has 0 unspecified atom stereocenters. The first-order chi connectivity index (χ1) is 11.2. The normalized spacial score (nSPS) is 11.0. The Kier molecular flexibility index (Phi) is 3.30. The molecule has 4 nitrogen and oxygen atoms in total. The summed E-state index contributed by atoms with van der Waals surface area (Å²) in [5.41, 5.74) is 3.89. The SMILES string of the molecule is OB(O)Oc1ccc(-c2ccccc2)c2c1[nH]c1ccccc12. The lowest BCUT2D eigenvalue weighted by molar-refractivity contribution is 0.289. The van der Waals surface area contributed by atoms with Crippen LogP contribution in [0, 0.1) is 0 Å². The fraction of sp³-hybridized carbons (Fsp3) is 0. The van der Waals surface area contributed by atoms with E-state index < -0.39 is 7.32 Å². The van der Waals surface area contributed by atoms with Crippen LogP contribution in [0.5, 0.6) is 5.75 Å². The highest BCUT2D eigenvalue weighted by Crippen LogP contribution is 2.39. The summed E-state index contributed by atoms with van der Waals surface area (Å²) in [6.45, 7) is 0. The highest BCUT2D eigenvalue weighted by Gasteiger charge is 2.18. The van der Waals surface area contributed by atoms with Crippen LogP contribution in [0.25, 0.3) is 32.9 Å². The van der Waals surface area contributed by atoms with Crippen molar-refractivity contribution in [2.24, 2.45) is 0 Å². The summed E-state index contributed by atoms with van der Waals surface area (Å²) < 4.78 is 5.13. The standard InChI is InChI=1S/C18H14BNO3/c21-19(22)23-16-11-10-13(12-6-2-1-3-7-12)17-14-8-4-5-9-15(14)20-18(16)17/h1-11,20-22H. The number of nitrogens with one attached hydrogen (secondary N) is 1. The lowest BCUT2D eigenvalue weighted by Crippen LogP contribution is -2.20. The predicted molar refractivity (Wildman–Crippen MR) is 92.1 cm³/mol. The van der Waals surface area contributed by atoms with E-state index in [1.54, 1.807) is 6.07 Å². The maximum atomic E-state index is 9.15. The quantitative estimate of drug-likeness (QED) is 0.509. The predicted octanol–water partition coefficient (Wildman–Crippen LogP) is 3.34. The summed E-state index contributed by atoms with van der Waals surface area (Å²) in [6, 6.07) is 21.7. The molecular weight excluding hydrogens is 289 g/mol. The van der Waals surface area contributed by atoms with Gasteiger partial charge in [0.15, 0.2) is 0 Å². The van der Waals surface area contributed by atoms with E-state index in [1.807, 2.05) is 48.5 Å². The van der Waals surface area contributed by atoms with Gasteiger partial charge < -0.3 is 19.7 Å². The number of para-hydroxylation sites is 1. The van der Waals surface area contributed by atoms with E-state index in [-0.39, 0.29) is 0 Å². The Morgan fingerprint density at radius 3 is 2.35 bits per heavy atom. The molecule has 1 heterocycles. The maximum Gasteiger partial charge on any atom is 0.707 e. The first-order valence-corrected chi connectivity index (χ1v) is 7.35. The summed E-state index contributed by atoms with van der Waals surface area (Å²) in [4.78, 5) is 3.31. The minimum absolute atomic E-state index is 0.408. The van der Waals surface area contributed by atoms with Crippen LogP contribution in [0.2, 0.25) is 0 Å². The van der Waals surface area contributed by atoms with Crippen molar-refractivity contribution in [3.8, 4) is 16.9 Å². The average molecular weight is 303 g/mol. The van der Waals surface area contributed by atoms with Gasteiger partial charge in [0, 0.05) is 16.3 Å². The van der Waals surface area contributed by atoms with Crippen molar-refractivity contribution in [3.05, 3.63) is 66.7 Å². The Hall–Kier alpha value is -2.76. The molecule has 3 N–H and O–H groups in total. The van der Waals surface area contributed by atoms with Gasteiger partial charge in [-0.3, -0.25) is 0 Å². The van der Waals surface area contributed by atoms with E-state index >= 15 is 0 Å². The van der Waals surface area contributed by atoms with Gasteiger partial charge >= 0.3 is 7.32 Å². The summed E-state index contributed by atoms with van der Waals surface area (Å²) in [5, 5.41) is 20.4. The van der Waals surface area contributed by atoms with E-state index in [0.717, 1.165) is 32.9 Å². The molecule has 5 heteroatoms. The van der Waals surface area contributed by atoms with Gasteiger partial charge in [-0.2, -0.15) is 0 Å². The summed E-state index contributed by atoms with van der Waals surface area (Å²) in [7, 11) is -1.85. The molecule has 0 amide bonds. The van der Waals surface area contributed by atoms with Crippen molar-refractivity contribution in [3.63, 3.8) is 0 Å². The van der Waals surface area contributed by atoms with Crippen LogP contribution in [0.4, 0.5) is 0 Å². The Morgan fingerprint density at radius 2 is 1.57 bits per heavy atom. The molecule has 1 aromatic heterocycles. The molecule has 0 fully saturated rings. The smallest absolute Gasteiger partial charge is 0.510 e. The first-order valence-electron chi connectivity index (χ1n) is 7.35. The van der Waals surface area contributed by atoms with Crippen molar-refractivity contribution in [2.45, 2.75) is 0 Å². The van der Waals surface area contributed by atoms with Crippen LogP contribution in [0.15, 0.2) is 66.7 Å². The minimum Gasteiger partial charge on any atom is -0.510 e. The molecule has 23 heavy (non-hydrogen) atoms. The number of aromatic nitrogens is 1. The van der Waals surface area contributed by atoms with Gasteiger partial charge in [0.2, 0.25) is 0 Å². The monoisotopic (exact) mass is 303 g/mol. The highest BCUT2D eigenvalue weighted by atomic mass is 16.6. The number of hydrogen-bond donors (Lipinski definition) is 3. The fourth-order valence-electron chi connectivity index (χ4n) is 3.00. The van der Waals surface area contributed by atoms with E-state index in [4.69, 9.17) is 14.7 Å². The molecule has 0 aliphatic carbocycles. The number of rotatable bonds is 3. The summed E-state index contributed by atoms with van der Waals surface area (Å²) in [5.74, 6) is 0.408. The Morgan fingerprint density at radius 1 is 0.826 bits per heavy atom. The zero-order valence-electron chi connectivity index (χ0n) is 12.2. The molecule has 0 saturated carbocycles. The number of hydrogen-bond acceptors (Lipinski definition) is 3. The van der Waals surface area contributed by atoms with Crippen LogP contribution >= 0.6 is 0 Å². The van der Waals surface area contributed by atoms with E-state index in [9.17, 15) is 0 Å². The van der Waals surface area contributed by atoms with Crippen LogP contribution in [-0.2, 0) is 0 Å². The van der Waals surface area contributed by atoms with Crippen molar-refractivity contribution in [1.29, 1.82) is 0 Å². The second-order valence-corrected chi connectivity index (χ2v) is 5.34. The molecule has 0 radical (unpaired) electrons. The molecule has 4 aromatic rings. The topological polar surface area (TPSA) is 65.5 Å². The summed E-state index contributed by atoms with van der Waals surface area (Å²) >= 11 is 0. The Balaban J connectivity index is 2.08. The van der Waals surface area contributed by atoms with Crippen molar-refractivity contribution < 1.29 is 14.7 Å². The fourth-order valence-corrected chi connectivity index (χ4v) is 3.00. The van der Waals surface area contributed by atoms with E-state index in [0.29, 0.717) is 5.75 Å². The molecule has 0 bridgehead atoms. The van der Waals surface area contributed by atoms with Gasteiger partial charge in [0.05, 0.1) is 5.52 Å². The molecule has 0 saturated heterocycles. The number of benzene rings is 3. The molecule has 0 spiro atoms. The van der Waals surface area contributed by atoms with Crippen molar-refractivity contribution >= 4 is 29.1 Å². The summed E-state index contributed by atoms with van der Waals surface area (Å²) in [6.07, 6.45) is 0. The van der Waals surface area contributed by atoms with Gasteiger partial charge in [-0.05, 0) is 29.3 Å². The third kappa shape index (κ3) is 2.36. The lowest BCUT2D eigenvalue weighted by atomic mass is 9.99.